The molecule has 5 heteroatoms. The molecule has 0 spiro atoms. The Balaban J connectivity index is 1.81. The molecule has 1 fully saturated rings. The predicted molar refractivity (Wildman–Crippen MR) is 91.8 cm³/mol. The van der Waals surface area contributed by atoms with Crippen LogP contribution in [0.4, 0.5) is 0 Å². The average molecular weight is 316 g/mol. The number of benzene rings is 1. The molecule has 0 radical (unpaired) electrons. The van der Waals surface area contributed by atoms with Crippen LogP contribution in [-0.4, -0.2) is 32.3 Å². The van der Waals surface area contributed by atoms with Crippen LogP contribution < -0.4 is 0 Å². The van der Waals surface area contributed by atoms with Crippen LogP contribution in [0.1, 0.15) is 30.9 Å². The summed E-state index contributed by atoms with van der Waals surface area (Å²) in [7, 11) is 0. The van der Waals surface area contributed by atoms with Crippen molar-refractivity contribution in [3.63, 3.8) is 0 Å². The van der Waals surface area contributed by atoms with E-state index in [1.807, 2.05) is 15.6 Å². The van der Waals surface area contributed by atoms with E-state index < -0.39 is 0 Å². The molecule has 0 N–H and O–H groups in total. The van der Waals surface area contributed by atoms with Crippen molar-refractivity contribution in [2.24, 2.45) is 5.92 Å². The Hall–Kier alpha value is -1.46. The molecular weight excluding hydrogens is 292 g/mol. The minimum absolute atomic E-state index is 0.769. The maximum absolute atomic E-state index is 5.63. The second kappa shape index (κ2) is 6.34. The predicted octanol–water partition coefficient (Wildman–Crippen LogP) is 3.71. The number of likely N-dealkylation sites (tertiary alicyclic amines) is 1. The highest BCUT2D eigenvalue weighted by Gasteiger charge is 2.17. The van der Waals surface area contributed by atoms with E-state index in [0.29, 0.717) is 0 Å². The van der Waals surface area contributed by atoms with Gasteiger partial charge in [0.05, 0.1) is 12.4 Å². The fourth-order valence-corrected chi connectivity index (χ4v) is 3.32. The van der Waals surface area contributed by atoms with E-state index in [9.17, 15) is 0 Å². The molecule has 22 heavy (non-hydrogen) atoms. The third-order valence-corrected chi connectivity index (χ3v) is 4.96. The van der Waals surface area contributed by atoms with E-state index in [2.05, 4.69) is 49.0 Å². The van der Waals surface area contributed by atoms with Crippen molar-refractivity contribution in [2.75, 3.05) is 13.1 Å². The van der Waals surface area contributed by atoms with Crippen molar-refractivity contribution < 1.29 is 0 Å². The van der Waals surface area contributed by atoms with Gasteiger partial charge in [-0.25, -0.2) is 4.68 Å². The third kappa shape index (κ3) is 3.15. The molecule has 4 nitrogen and oxygen atoms in total. The van der Waals surface area contributed by atoms with E-state index in [4.69, 9.17) is 12.2 Å². The smallest absolute Gasteiger partial charge is 0.203 e. The topological polar surface area (TPSA) is 26.0 Å². The van der Waals surface area contributed by atoms with Gasteiger partial charge in [0.2, 0.25) is 4.77 Å². The highest BCUT2D eigenvalue weighted by molar-refractivity contribution is 7.71. The molecule has 0 atom stereocenters. The molecule has 1 aromatic carbocycles. The maximum atomic E-state index is 5.63. The maximum Gasteiger partial charge on any atom is 0.203 e. The lowest BCUT2D eigenvalue weighted by atomic mass is 10.00. The molecule has 0 aliphatic carbocycles. The standard InChI is InChI=1S/C17H24N4S/c1-13-6-8-19(9-7-13)12-21-17(22)20(11-18-21)16-5-4-14(2)10-15(16)3/h4-5,10-11,13H,6-9,12H2,1-3H3. The lowest BCUT2D eigenvalue weighted by Gasteiger charge is -2.29. The van der Waals surface area contributed by atoms with E-state index in [-0.39, 0.29) is 0 Å². The van der Waals surface area contributed by atoms with Gasteiger partial charge in [0.25, 0.3) is 0 Å². The lowest BCUT2D eigenvalue weighted by molar-refractivity contribution is 0.146. The fraction of sp³-hybridized carbons (Fsp3) is 0.529. The van der Waals surface area contributed by atoms with Gasteiger partial charge in [0.1, 0.15) is 6.33 Å². The Morgan fingerprint density at radius 1 is 1.23 bits per heavy atom. The summed E-state index contributed by atoms with van der Waals surface area (Å²) < 4.78 is 4.71. The summed E-state index contributed by atoms with van der Waals surface area (Å²) in [6.45, 7) is 9.63. The average Bonchev–Trinajstić information content (AvgIpc) is 2.83. The van der Waals surface area contributed by atoms with Crippen LogP contribution in [0.25, 0.3) is 5.69 Å². The van der Waals surface area contributed by atoms with Crippen molar-refractivity contribution in [3.05, 3.63) is 40.4 Å². The van der Waals surface area contributed by atoms with Crippen LogP contribution >= 0.6 is 12.2 Å². The minimum atomic E-state index is 0.769. The quantitative estimate of drug-likeness (QED) is 0.807. The molecule has 1 aromatic heterocycles. The molecule has 1 aliphatic rings. The first-order valence-corrected chi connectivity index (χ1v) is 8.40. The van der Waals surface area contributed by atoms with Gasteiger partial charge >= 0.3 is 0 Å². The Labute approximate surface area is 137 Å². The van der Waals surface area contributed by atoms with Gasteiger partial charge in [-0.05, 0) is 56.5 Å². The number of hydrogen-bond acceptors (Lipinski definition) is 3. The first kappa shape index (κ1) is 15.4. The summed E-state index contributed by atoms with van der Waals surface area (Å²) in [6, 6.07) is 6.42. The Bertz CT molecular complexity index is 708. The largest absolute Gasteiger partial charge is 0.284 e. The summed E-state index contributed by atoms with van der Waals surface area (Å²) in [5.74, 6) is 0.844. The van der Waals surface area contributed by atoms with Crippen molar-refractivity contribution in [2.45, 2.75) is 40.3 Å². The van der Waals surface area contributed by atoms with Gasteiger partial charge < -0.3 is 0 Å². The SMILES string of the molecule is Cc1ccc(-n2cnn(CN3CCC(C)CC3)c2=S)c(C)c1. The number of piperidine rings is 1. The number of aryl methyl sites for hydroxylation is 2. The van der Waals surface area contributed by atoms with Gasteiger partial charge in [0.15, 0.2) is 0 Å². The van der Waals surface area contributed by atoms with Crippen molar-refractivity contribution in [3.8, 4) is 5.69 Å². The lowest BCUT2D eigenvalue weighted by Crippen LogP contribution is -2.34. The van der Waals surface area contributed by atoms with Gasteiger partial charge in [0, 0.05) is 13.1 Å². The van der Waals surface area contributed by atoms with E-state index in [1.165, 1.54) is 24.0 Å². The normalized spacial score (nSPS) is 17.0. The number of nitrogens with zero attached hydrogens (tertiary/aromatic N) is 4. The summed E-state index contributed by atoms with van der Waals surface area (Å²) >= 11 is 5.63. The highest BCUT2D eigenvalue weighted by Crippen LogP contribution is 2.18. The van der Waals surface area contributed by atoms with Crippen molar-refractivity contribution in [1.29, 1.82) is 0 Å². The summed E-state index contributed by atoms with van der Waals surface area (Å²) in [5, 5.41) is 4.50. The molecule has 1 saturated heterocycles. The number of hydrogen-bond donors (Lipinski definition) is 0. The summed E-state index contributed by atoms with van der Waals surface area (Å²) in [5.41, 5.74) is 3.61. The highest BCUT2D eigenvalue weighted by atomic mass is 32.1. The molecule has 0 amide bonds. The Morgan fingerprint density at radius 3 is 2.64 bits per heavy atom. The van der Waals surface area contributed by atoms with Crippen molar-refractivity contribution >= 4 is 12.2 Å². The molecule has 2 heterocycles. The van der Waals surface area contributed by atoms with Gasteiger partial charge in [-0.15, -0.1) is 0 Å². The number of aromatic nitrogens is 3. The zero-order valence-electron chi connectivity index (χ0n) is 13.6. The zero-order chi connectivity index (χ0) is 15.7. The van der Waals surface area contributed by atoms with Gasteiger partial charge in [-0.3, -0.25) is 9.47 Å². The van der Waals surface area contributed by atoms with E-state index in [0.717, 1.165) is 36.1 Å². The molecule has 118 valence electrons. The van der Waals surface area contributed by atoms with Crippen LogP contribution in [0.2, 0.25) is 0 Å². The van der Waals surface area contributed by atoms with Crippen LogP contribution in [0.3, 0.4) is 0 Å². The Kier molecular flexibility index (Phi) is 4.45. The first-order valence-electron chi connectivity index (χ1n) is 7.99. The fourth-order valence-electron chi connectivity index (χ4n) is 3.07. The molecule has 1 aliphatic heterocycles. The summed E-state index contributed by atoms with van der Waals surface area (Å²) in [4.78, 5) is 2.44. The Morgan fingerprint density at radius 2 is 1.95 bits per heavy atom. The van der Waals surface area contributed by atoms with E-state index in [1.54, 1.807) is 0 Å². The second-order valence-corrected chi connectivity index (χ2v) is 6.88. The zero-order valence-corrected chi connectivity index (χ0v) is 14.4. The summed E-state index contributed by atoms with van der Waals surface area (Å²) in [6.07, 6.45) is 4.38. The van der Waals surface area contributed by atoms with Crippen LogP contribution in [0.15, 0.2) is 24.5 Å². The first-order chi connectivity index (χ1) is 10.5. The molecule has 3 rings (SSSR count). The van der Waals surface area contributed by atoms with Crippen molar-refractivity contribution in [1.82, 2.24) is 19.2 Å². The van der Waals surface area contributed by atoms with Gasteiger partial charge in [-0.1, -0.05) is 24.6 Å². The third-order valence-electron chi connectivity index (χ3n) is 4.56. The molecule has 0 saturated carbocycles. The molecule has 0 unspecified atom stereocenters. The van der Waals surface area contributed by atoms with Crippen LogP contribution in [0, 0.1) is 24.5 Å². The van der Waals surface area contributed by atoms with Crippen LogP contribution in [-0.2, 0) is 6.67 Å². The van der Waals surface area contributed by atoms with Gasteiger partial charge in [-0.2, -0.15) is 5.10 Å². The monoisotopic (exact) mass is 316 g/mol. The molecule has 0 bridgehead atoms. The van der Waals surface area contributed by atoms with E-state index >= 15 is 0 Å². The minimum Gasteiger partial charge on any atom is -0.284 e. The number of rotatable bonds is 3. The second-order valence-electron chi connectivity index (χ2n) is 6.51. The van der Waals surface area contributed by atoms with Crippen LogP contribution in [0.5, 0.6) is 0 Å². The molecule has 2 aromatic rings. The molecular formula is C17H24N4S.